The van der Waals surface area contributed by atoms with E-state index in [4.69, 9.17) is 4.74 Å². The predicted molar refractivity (Wildman–Crippen MR) is 128 cm³/mol. The van der Waals surface area contributed by atoms with Gasteiger partial charge in [0.25, 0.3) is 0 Å². The van der Waals surface area contributed by atoms with Crippen LogP contribution in [0.1, 0.15) is 64.5 Å². The van der Waals surface area contributed by atoms with Crippen LogP contribution in [0.15, 0.2) is 4.99 Å². The van der Waals surface area contributed by atoms with Gasteiger partial charge in [0.15, 0.2) is 5.96 Å². The Labute approximate surface area is 192 Å². The zero-order valence-corrected chi connectivity index (χ0v) is 20.9. The second-order valence-electron chi connectivity index (χ2n) is 9.18. The van der Waals surface area contributed by atoms with Gasteiger partial charge in [-0.15, -0.1) is 34.2 Å². The van der Waals surface area contributed by atoms with Gasteiger partial charge in [-0.3, -0.25) is 4.99 Å². The molecule has 2 atom stereocenters. The zero-order chi connectivity index (χ0) is 20.0. The van der Waals surface area contributed by atoms with E-state index in [1.54, 1.807) is 0 Å². The summed E-state index contributed by atoms with van der Waals surface area (Å²) in [6, 6.07) is 0. The van der Waals surface area contributed by atoms with Crippen LogP contribution >= 0.6 is 24.0 Å². The van der Waals surface area contributed by atoms with E-state index >= 15 is 0 Å². The fraction of sp³-hybridized carbons (Fsp3) is 0.857. The van der Waals surface area contributed by atoms with Crippen LogP contribution in [0.3, 0.4) is 0 Å². The van der Waals surface area contributed by atoms with Crippen molar-refractivity contribution in [1.82, 2.24) is 25.4 Å². The first-order valence-corrected chi connectivity index (χ1v) is 11.0. The van der Waals surface area contributed by atoms with Crippen LogP contribution in [-0.4, -0.2) is 53.6 Å². The normalized spacial score (nSPS) is 23.0. The van der Waals surface area contributed by atoms with Crippen LogP contribution < -0.4 is 10.6 Å². The number of aliphatic imine (C=N–C) groups is 1. The molecule has 1 aromatic rings. The number of hydrogen-bond donors (Lipinski definition) is 2. The Kier molecular flexibility index (Phi) is 9.65. The molecule has 3 heterocycles. The average molecular weight is 518 g/mol. The molecule has 0 radical (unpaired) electrons. The van der Waals surface area contributed by atoms with Gasteiger partial charge in [-0.1, -0.05) is 27.2 Å². The Hall–Kier alpha value is -0.900. The third kappa shape index (κ3) is 6.80. The van der Waals surface area contributed by atoms with Crippen molar-refractivity contribution in [3.05, 3.63) is 11.6 Å². The molecule has 8 heteroatoms. The summed E-state index contributed by atoms with van der Waals surface area (Å²) in [5.74, 6) is 3.61. The minimum absolute atomic E-state index is 0. The molecule has 3 rings (SSSR count). The largest absolute Gasteiger partial charge is 0.377 e. The number of nitrogens with zero attached hydrogens (tertiary/aromatic N) is 4. The molecular weight excluding hydrogens is 479 g/mol. The molecule has 166 valence electrons. The molecule has 29 heavy (non-hydrogen) atoms. The first-order valence-electron chi connectivity index (χ1n) is 11.0. The first kappa shape index (κ1) is 24.4. The Morgan fingerprint density at radius 1 is 1.17 bits per heavy atom. The lowest BCUT2D eigenvalue weighted by atomic mass is 9.78. The summed E-state index contributed by atoms with van der Waals surface area (Å²) in [5.41, 5.74) is 0.162. The Balaban J connectivity index is 0.00000300. The van der Waals surface area contributed by atoms with E-state index in [0.717, 1.165) is 63.1 Å². The van der Waals surface area contributed by atoms with Crippen LogP contribution in [0, 0.1) is 11.3 Å². The summed E-state index contributed by atoms with van der Waals surface area (Å²) in [5, 5.41) is 15.8. The molecule has 2 unspecified atom stereocenters. The van der Waals surface area contributed by atoms with Gasteiger partial charge in [-0.25, -0.2) is 0 Å². The topological polar surface area (TPSA) is 76.4 Å². The lowest BCUT2D eigenvalue weighted by molar-refractivity contribution is -0.0835. The monoisotopic (exact) mass is 518 g/mol. The van der Waals surface area contributed by atoms with Gasteiger partial charge in [0.05, 0.1) is 6.10 Å². The Morgan fingerprint density at radius 2 is 2.00 bits per heavy atom. The SMILES string of the molecule is CN=C(NCCc1nnc2n1CCCCC2)NCC1CCCOC1C(C)(C)C.I. The van der Waals surface area contributed by atoms with Crippen LogP contribution in [-0.2, 0) is 24.1 Å². The highest BCUT2D eigenvalue weighted by atomic mass is 127. The molecular formula is C21H39IN6O. The van der Waals surface area contributed by atoms with Crippen molar-refractivity contribution in [2.45, 2.75) is 78.4 Å². The molecule has 0 aliphatic carbocycles. The van der Waals surface area contributed by atoms with Gasteiger partial charge in [-0.05, 0) is 31.1 Å². The number of ether oxygens (including phenoxy) is 1. The van der Waals surface area contributed by atoms with Crippen molar-refractivity contribution in [2.75, 3.05) is 26.7 Å². The van der Waals surface area contributed by atoms with Gasteiger partial charge in [0.1, 0.15) is 11.6 Å². The average Bonchev–Trinajstić information content (AvgIpc) is 2.90. The second-order valence-corrected chi connectivity index (χ2v) is 9.18. The number of fused-ring (bicyclic) bond motifs is 1. The quantitative estimate of drug-likeness (QED) is 0.356. The van der Waals surface area contributed by atoms with Crippen LogP contribution in [0.2, 0.25) is 0 Å². The maximum Gasteiger partial charge on any atom is 0.191 e. The van der Waals surface area contributed by atoms with Gasteiger partial charge < -0.3 is 19.9 Å². The number of rotatable bonds is 5. The molecule has 0 saturated carbocycles. The highest BCUT2D eigenvalue weighted by Crippen LogP contribution is 2.33. The molecule has 1 fully saturated rings. The van der Waals surface area contributed by atoms with Gasteiger partial charge in [-0.2, -0.15) is 0 Å². The summed E-state index contributed by atoms with van der Waals surface area (Å²) in [7, 11) is 1.83. The molecule has 1 saturated heterocycles. The number of guanidine groups is 1. The third-order valence-electron chi connectivity index (χ3n) is 5.88. The van der Waals surface area contributed by atoms with E-state index < -0.39 is 0 Å². The van der Waals surface area contributed by atoms with Gasteiger partial charge >= 0.3 is 0 Å². The zero-order valence-electron chi connectivity index (χ0n) is 18.5. The van der Waals surface area contributed by atoms with E-state index in [2.05, 4.69) is 51.2 Å². The molecule has 7 nitrogen and oxygen atoms in total. The first-order chi connectivity index (χ1) is 13.5. The molecule has 0 aromatic carbocycles. The number of halogens is 1. The van der Waals surface area contributed by atoms with E-state index in [-0.39, 0.29) is 29.4 Å². The number of aryl methyl sites for hydroxylation is 1. The van der Waals surface area contributed by atoms with Crippen molar-refractivity contribution < 1.29 is 4.74 Å². The highest BCUT2D eigenvalue weighted by molar-refractivity contribution is 14.0. The molecule has 0 amide bonds. The molecule has 1 aromatic heterocycles. The van der Waals surface area contributed by atoms with Gasteiger partial charge in [0.2, 0.25) is 0 Å². The predicted octanol–water partition coefficient (Wildman–Crippen LogP) is 3.17. The highest BCUT2D eigenvalue weighted by Gasteiger charge is 2.35. The minimum atomic E-state index is 0. The maximum atomic E-state index is 6.10. The Bertz CT molecular complexity index is 654. The smallest absolute Gasteiger partial charge is 0.191 e. The Morgan fingerprint density at radius 3 is 2.76 bits per heavy atom. The lowest BCUT2D eigenvalue weighted by Crippen LogP contribution is -2.47. The van der Waals surface area contributed by atoms with Crippen molar-refractivity contribution in [2.24, 2.45) is 16.3 Å². The fourth-order valence-corrected chi connectivity index (χ4v) is 4.48. The van der Waals surface area contributed by atoms with E-state index in [0.29, 0.717) is 12.0 Å². The summed E-state index contributed by atoms with van der Waals surface area (Å²) in [6.45, 7) is 10.4. The van der Waals surface area contributed by atoms with Crippen LogP contribution in [0.25, 0.3) is 0 Å². The molecule has 2 aliphatic heterocycles. The lowest BCUT2D eigenvalue weighted by Gasteiger charge is -2.40. The van der Waals surface area contributed by atoms with Crippen molar-refractivity contribution in [3.8, 4) is 0 Å². The summed E-state index contributed by atoms with van der Waals surface area (Å²) in [6.07, 6.45) is 8.31. The second kappa shape index (κ2) is 11.5. The number of hydrogen-bond acceptors (Lipinski definition) is 4. The number of nitrogens with one attached hydrogen (secondary N) is 2. The molecule has 0 spiro atoms. The van der Waals surface area contributed by atoms with E-state index in [1.807, 2.05) is 7.05 Å². The summed E-state index contributed by atoms with van der Waals surface area (Å²) < 4.78 is 8.41. The number of aromatic nitrogens is 3. The van der Waals surface area contributed by atoms with E-state index in [1.165, 1.54) is 25.7 Å². The van der Waals surface area contributed by atoms with E-state index in [9.17, 15) is 0 Å². The molecule has 2 aliphatic rings. The van der Waals surface area contributed by atoms with Crippen LogP contribution in [0.4, 0.5) is 0 Å². The maximum absolute atomic E-state index is 6.10. The van der Waals surface area contributed by atoms with Crippen LogP contribution in [0.5, 0.6) is 0 Å². The van der Waals surface area contributed by atoms with Crippen molar-refractivity contribution in [3.63, 3.8) is 0 Å². The fourth-order valence-electron chi connectivity index (χ4n) is 4.48. The standard InChI is InChI=1S/C21H38N6O.HI/c1-21(2,3)19-16(9-8-14-28-19)15-24-20(22-4)23-12-11-18-26-25-17-10-6-5-7-13-27(17)18;/h16,19H,5-15H2,1-4H3,(H2,22,23,24);1H. The minimum Gasteiger partial charge on any atom is -0.377 e. The van der Waals surface area contributed by atoms with Gasteiger partial charge in [0, 0.05) is 52.0 Å². The summed E-state index contributed by atoms with van der Waals surface area (Å²) in [4.78, 5) is 4.39. The third-order valence-corrected chi connectivity index (χ3v) is 5.88. The van der Waals surface area contributed by atoms with Crippen molar-refractivity contribution in [1.29, 1.82) is 0 Å². The molecule has 2 N–H and O–H groups in total. The molecule has 0 bridgehead atoms. The van der Waals surface area contributed by atoms with Crippen molar-refractivity contribution >= 4 is 29.9 Å². The summed E-state index contributed by atoms with van der Waals surface area (Å²) >= 11 is 0.